The number of aromatic nitrogens is 2. The van der Waals surface area contributed by atoms with Crippen LogP contribution in [0.1, 0.15) is 11.3 Å². The van der Waals surface area contributed by atoms with Crippen LogP contribution in [0.2, 0.25) is 0 Å². The molecule has 2 heterocycles. The lowest BCUT2D eigenvalue weighted by atomic mass is 10.2. The van der Waals surface area contributed by atoms with Gasteiger partial charge in [0.25, 0.3) is 0 Å². The zero-order chi connectivity index (χ0) is 11.9. The van der Waals surface area contributed by atoms with Crippen LogP contribution < -0.4 is 10.5 Å². The summed E-state index contributed by atoms with van der Waals surface area (Å²) >= 11 is 0. The van der Waals surface area contributed by atoms with Crippen LogP contribution in [0.4, 0.5) is 0 Å². The van der Waals surface area contributed by atoms with E-state index < -0.39 is 0 Å². The van der Waals surface area contributed by atoms with Gasteiger partial charge in [-0.1, -0.05) is 6.07 Å². The van der Waals surface area contributed by atoms with Gasteiger partial charge < -0.3 is 10.5 Å². The zero-order valence-corrected chi connectivity index (χ0v) is 9.54. The number of hydrogen-bond acceptors (Lipinski definition) is 4. The Balaban J connectivity index is 1.82. The van der Waals surface area contributed by atoms with Gasteiger partial charge in [-0.25, -0.2) is 0 Å². The van der Waals surface area contributed by atoms with Crippen LogP contribution in [0, 0.1) is 0 Å². The molecule has 2 N–H and O–H groups in total. The van der Waals surface area contributed by atoms with Gasteiger partial charge >= 0.3 is 0 Å². The predicted molar refractivity (Wildman–Crippen MR) is 65.6 cm³/mol. The molecule has 0 unspecified atom stereocenters. The van der Waals surface area contributed by atoms with Crippen LogP contribution in [0.3, 0.4) is 0 Å². The Morgan fingerprint density at radius 3 is 2.76 bits per heavy atom. The molecular weight excluding hydrogens is 214 g/mol. The summed E-state index contributed by atoms with van der Waals surface area (Å²) in [5.74, 6) is 0.770. The normalized spacial score (nSPS) is 10.2. The van der Waals surface area contributed by atoms with Gasteiger partial charge in [0.15, 0.2) is 0 Å². The van der Waals surface area contributed by atoms with Crippen LogP contribution in [0.15, 0.2) is 42.9 Å². The lowest BCUT2D eigenvalue weighted by molar-refractivity contribution is 0.320. The first-order chi connectivity index (χ1) is 8.38. The van der Waals surface area contributed by atoms with E-state index in [9.17, 15) is 0 Å². The van der Waals surface area contributed by atoms with Gasteiger partial charge in [-0.15, -0.1) is 0 Å². The summed E-state index contributed by atoms with van der Waals surface area (Å²) < 4.78 is 5.58. The number of hydrogen-bond donors (Lipinski definition) is 1. The number of nitrogens with two attached hydrogens (primary N) is 1. The van der Waals surface area contributed by atoms with Crippen molar-refractivity contribution in [3.8, 4) is 5.75 Å². The first-order valence-electron chi connectivity index (χ1n) is 5.55. The molecule has 0 fully saturated rings. The molecule has 4 heteroatoms. The van der Waals surface area contributed by atoms with Crippen LogP contribution in [0.5, 0.6) is 5.75 Å². The highest BCUT2D eigenvalue weighted by Gasteiger charge is 1.96. The minimum Gasteiger partial charge on any atom is -0.492 e. The van der Waals surface area contributed by atoms with Crippen molar-refractivity contribution in [2.24, 2.45) is 5.73 Å². The van der Waals surface area contributed by atoms with Crippen LogP contribution in [-0.2, 0) is 13.0 Å². The van der Waals surface area contributed by atoms with Crippen LogP contribution in [-0.4, -0.2) is 16.6 Å². The monoisotopic (exact) mass is 229 g/mol. The minimum absolute atomic E-state index is 0.454. The maximum atomic E-state index is 5.58. The van der Waals surface area contributed by atoms with Crippen molar-refractivity contribution in [2.45, 2.75) is 13.0 Å². The standard InChI is InChI=1S/C13H15N3O/c14-8-12-3-4-13(10-16-12)17-7-5-11-2-1-6-15-9-11/h1-4,6,9-10H,5,7-8,14H2. The lowest BCUT2D eigenvalue weighted by Crippen LogP contribution is -2.03. The summed E-state index contributed by atoms with van der Waals surface area (Å²) in [6, 6.07) is 7.72. The van der Waals surface area contributed by atoms with E-state index in [0.29, 0.717) is 13.2 Å². The van der Waals surface area contributed by atoms with Crippen molar-refractivity contribution >= 4 is 0 Å². The fourth-order valence-electron chi connectivity index (χ4n) is 1.45. The van der Waals surface area contributed by atoms with Crippen LogP contribution >= 0.6 is 0 Å². The quantitative estimate of drug-likeness (QED) is 0.845. The Morgan fingerprint density at radius 2 is 2.12 bits per heavy atom. The maximum absolute atomic E-state index is 5.58. The molecule has 2 aromatic heterocycles. The van der Waals surface area contributed by atoms with E-state index in [1.807, 2.05) is 30.5 Å². The fraction of sp³-hybridized carbons (Fsp3) is 0.231. The second-order valence-corrected chi connectivity index (χ2v) is 3.65. The Kier molecular flexibility index (Phi) is 4.05. The largest absolute Gasteiger partial charge is 0.492 e. The zero-order valence-electron chi connectivity index (χ0n) is 9.54. The summed E-state index contributed by atoms with van der Waals surface area (Å²) in [5, 5.41) is 0. The SMILES string of the molecule is NCc1ccc(OCCc2cccnc2)cn1. The Labute approximate surface area is 100 Å². The Bertz CT molecular complexity index is 442. The molecule has 0 radical (unpaired) electrons. The van der Waals surface area contributed by atoms with Gasteiger partial charge in [-0.05, 0) is 23.8 Å². The van der Waals surface area contributed by atoms with Gasteiger partial charge in [0.2, 0.25) is 0 Å². The molecule has 0 amide bonds. The third-order valence-corrected chi connectivity index (χ3v) is 2.39. The molecule has 0 aliphatic rings. The average molecular weight is 229 g/mol. The van der Waals surface area contributed by atoms with E-state index in [1.54, 1.807) is 12.4 Å². The van der Waals surface area contributed by atoms with Gasteiger partial charge in [0.1, 0.15) is 5.75 Å². The lowest BCUT2D eigenvalue weighted by Gasteiger charge is -2.06. The first-order valence-corrected chi connectivity index (χ1v) is 5.55. The highest BCUT2D eigenvalue weighted by molar-refractivity contribution is 5.20. The number of nitrogens with zero attached hydrogens (tertiary/aromatic N) is 2. The molecule has 0 spiro atoms. The van der Waals surface area contributed by atoms with Gasteiger partial charge in [0.05, 0.1) is 18.5 Å². The summed E-state index contributed by atoms with van der Waals surface area (Å²) in [5.41, 5.74) is 7.50. The Morgan fingerprint density at radius 1 is 1.18 bits per heavy atom. The summed E-state index contributed by atoms with van der Waals surface area (Å²) in [6.07, 6.45) is 6.15. The molecule has 17 heavy (non-hydrogen) atoms. The average Bonchev–Trinajstić information content (AvgIpc) is 2.41. The molecule has 0 atom stereocenters. The molecule has 0 bridgehead atoms. The first kappa shape index (κ1) is 11.5. The van der Waals surface area contributed by atoms with Crippen molar-refractivity contribution in [1.29, 1.82) is 0 Å². The Hall–Kier alpha value is -1.94. The van der Waals surface area contributed by atoms with E-state index in [1.165, 1.54) is 5.56 Å². The molecule has 0 saturated heterocycles. The molecule has 0 aliphatic carbocycles. The van der Waals surface area contributed by atoms with E-state index in [0.717, 1.165) is 17.9 Å². The van der Waals surface area contributed by atoms with Crippen LogP contribution in [0.25, 0.3) is 0 Å². The second-order valence-electron chi connectivity index (χ2n) is 3.65. The van der Waals surface area contributed by atoms with Crippen molar-refractivity contribution in [3.05, 3.63) is 54.1 Å². The molecule has 88 valence electrons. The predicted octanol–water partition coefficient (Wildman–Crippen LogP) is 1.56. The molecule has 0 aliphatic heterocycles. The highest BCUT2D eigenvalue weighted by Crippen LogP contribution is 2.09. The van der Waals surface area contributed by atoms with E-state index in [4.69, 9.17) is 10.5 Å². The van der Waals surface area contributed by atoms with Crippen molar-refractivity contribution in [3.63, 3.8) is 0 Å². The fourth-order valence-corrected chi connectivity index (χ4v) is 1.45. The van der Waals surface area contributed by atoms with Gasteiger partial charge in [0, 0.05) is 25.4 Å². The molecule has 2 aromatic rings. The molecule has 4 nitrogen and oxygen atoms in total. The molecule has 0 aromatic carbocycles. The molecular formula is C13H15N3O. The number of pyridine rings is 2. The van der Waals surface area contributed by atoms with E-state index >= 15 is 0 Å². The summed E-state index contributed by atoms with van der Waals surface area (Å²) in [7, 11) is 0. The van der Waals surface area contributed by atoms with Crippen molar-refractivity contribution < 1.29 is 4.74 Å². The van der Waals surface area contributed by atoms with Gasteiger partial charge in [-0.2, -0.15) is 0 Å². The summed E-state index contributed by atoms with van der Waals surface area (Å²) in [4.78, 5) is 8.21. The van der Waals surface area contributed by atoms with Crippen molar-refractivity contribution in [2.75, 3.05) is 6.61 Å². The number of rotatable bonds is 5. The van der Waals surface area contributed by atoms with E-state index in [-0.39, 0.29) is 0 Å². The van der Waals surface area contributed by atoms with E-state index in [2.05, 4.69) is 9.97 Å². The third-order valence-electron chi connectivity index (χ3n) is 2.39. The summed E-state index contributed by atoms with van der Waals surface area (Å²) in [6.45, 7) is 1.07. The maximum Gasteiger partial charge on any atom is 0.137 e. The minimum atomic E-state index is 0.454. The third kappa shape index (κ3) is 3.53. The number of ether oxygens (including phenoxy) is 1. The molecule has 2 rings (SSSR count). The van der Waals surface area contributed by atoms with Gasteiger partial charge in [-0.3, -0.25) is 9.97 Å². The van der Waals surface area contributed by atoms with Crippen molar-refractivity contribution in [1.82, 2.24) is 9.97 Å². The molecule has 0 saturated carbocycles. The second kappa shape index (κ2) is 5.96. The topological polar surface area (TPSA) is 61.0 Å². The highest BCUT2D eigenvalue weighted by atomic mass is 16.5. The smallest absolute Gasteiger partial charge is 0.137 e.